The molecule has 614 valence electrons. The lowest BCUT2D eigenvalue weighted by molar-refractivity contribution is -0.313. The molecule has 0 spiro atoms. The van der Waals surface area contributed by atoms with Gasteiger partial charge in [-0.05, 0) is 89.1 Å². The van der Waals surface area contributed by atoms with Crippen LogP contribution in [0.1, 0.15) is 122 Å². The molecule has 0 aliphatic carbocycles. The summed E-state index contributed by atoms with van der Waals surface area (Å²) in [6, 6.07) is 35.4. The number of benzene rings is 5. The molecular formula is C81H97N5O26S2. The summed E-state index contributed by atoms with van der Waals surface area (Å²) in [5.74, 6) is -12.8. The van der Waals surface area contributed by atoms with E-state index in [4.69, 9.17) is 61.6 Å². The second-order valence-electron chi connectivity index (χ2n) is 26.2. The third-order valence-electron chi connectivity index (χ3n) is 17.4. The van der Waals surface area contributed by atoms with E-state index in [9.17, 15) is 62.3 Å². The summed E-state index contributed by atoms with van der Waals surface area (Å²) in [6.45, 7) is 10.7. The van der Waals surface area contributed by atoms with E-state index in [1.807, 2.05) is 60.7 Å². The number of rotatable bonds is 42. The first-order valence-corrected chi connectivity index (χ1v) is 39.0. The monoisotopic (exact) mass is 1620 g/mol. The molecular weight excluding hydrogens is 1520 g/mol. The highest BCUT2D eigenvalue weighted by Crippen LogP contribution is 2.39. The van der Waals surface area contributed by atoms with Crippen molar-refractivity contribution < 1.29 is 124 Å². The average molecular weight is 1620 g/mol. The summed E-state index contributed by atoms with van der Waals surface area (Å²) in [4.78, 5) is 171. The Labute approximate surface area is 668 Å². The smallest absolute Gasteiger partial charge is 0.366 e. The predicted octanol–water partition coefficient (Wildman–Crippen LogP) is 6.99. The van der Waals surface area contributed by atoms with Gasteiger partial charge in [0.1, 0.15) is 36.8 Å². The number of ether oxygens (including phenoxy) is 13. The molecule has 0 unspecified atom stereocenters. The average Bonchev–Trinajstić information content (AvgIpc) is 0.782. The second-order valence-corrected chi connectivity index (χ2v) is 28.6. The van der Waals surface area contributed by atoms with Gasteiger partial charge in [0.05, 0.1) is 65.0 Å². The Hall–Kier alpha value is -10.7. The molecule has 0 saturated carbocycles. The van der Waals surface area contributed by atoms with Crippen molar-refractivity contribution >= 4 is 101 Å². The fourth-order valence-electron chi connectivity index (χ4n) is 12.6. The minimum Gasteiger partial charge on any atom is -0.489 e. The van der Waals surface area contributed by atoms with Crippen molar-refractivity contribution in [2.75, 3.05) is 83.2 Å². The van der Waals surface area contributed by atoms with E-state index in [2.05, 4.69) is 33.2 Å². The lowest BCUT2D eigenvalue weighted by Crippen LogP contribution is -2.69. The van der Waals surface area contributed by atoms with Crippen molar-refractivity contribution in [1.82, 2.24) is 26.6 Å². The number of hydrogen-bond donors (Lipinski definition) is 5. The first-order chi connectivity index (χ1) is 54.6. The van der Waals surface area contributed by atoms with Crippen LogP contribution in [-0.4, -0.2) is 227 Å². The van der Waals surface area contributed by atoms with Gasteiger partial charge in [0.15, 0.2) is 24.4 Å². The van der Waals surface area contributed by atoms with Crippen LogP contribution in [0.25, 0.3) is 22.3 Å². The molecule has 31 nitrogen and oxygen atoms in total. The summed E-state index contributed by atoms with van der Waals surface area (Å²) in [7, 11) is 2.16. The first-order valence-electron chi connectivity index (χ1n) is 36.7. The third-order valence-corrected chi connectivity index (χ3v) is 19.6. The van der Waals surface area contributed by atoms with E-state index in [1.165, 1.54) is 54.7 Å². The van der Waals surface area contributed by atoms with E-state index in [0.29, 0.717) is 29.4 Å². The van der Waals surface area contributed by atoms with Gasteiger partial charge < -0.3 is 88.2 Å². The van der Waals surface area contributed by atoms with Crippen LogP contribution in [0, 0.1) is 0 Å². The van der Waals surface area contributed by atoms with Crippen molar-refractivity contribution in [2.45, 2.75) is 147 Å². The molecule has 33 heteroatoms. The Morgan fingerprint density at radius 1 is 0.500 bits per heavy atom. The zero-order chi connectivity index (χ0) is 82.9. The van der Waals surface area contributed by atoms with Gasteiger partial charge in [0.2, 0.25) is 5.91 Å². The zero-order valence-corrected chi connectivity index (χ0v) is 66.5. The minimum absolute atomic E-state index is 0.000423. The van der Waals surface area contributed by atoms with E-state index >= 15 is 0 Å². The Bertz CT molecular complexity index is 4140. The first kappa shape index (κ1) is 90.5. The number of carbonyl (C=O) groups excluding carboxylic acids is 13. The van der Waals surface area contributed by atoms with Crippen LogP contribution in [0.2, 0.25) is 0 Å². The maximum absolute atomic E-state index is 14.0. The molecule has 2 saturated heterocycles. The number of amides is 5. The van der Waals surface area contributed by atoms with Crippen LogP contribution >= 0.6 is 23.5 Å². The molecule has 2 aliphatic heterocycles. The third kappa shape index (κ3) is 27.6. The highest BCUT2D eigenvalue weighted by atomic mass is 32.2. The number of thioether (sulfide) groups is 2. The van der Waals surface area contributed by atoms with Gasteiger partial charge in [-0.25, -0.2) is 9.59 Å². The van der Waals surface area contributed by atoms with Gasteiger partial charge in [-0.2, -0.15) is 23.5 Å². The minimum atomic E-state index is -2.41. The van der Waals surface area contributed by atoms with Crippen molar-refractivity contribution in [3.8, 4) is 28.0 Å². The quantitative estimate of drug-likeness (QED) is 0.0114. The summed E-state index contributed by atoms with van der Waals surface area (Å²) < 4.78 is 75.7. The summed E-state index contributed by atoms with van der Waals surface area (Å²) in [5, 5.41) is 13.8. The summed E-state index contributed by atoms with van der Waals surface area (Å²) in [5.41, 5.74) is 4.38. The molecule has 5 N–H and O–H groups in total. The highest BCUT2D eigenvalue weighted by Gasteiger charge is 2.60. The van der Waals surface area contributed by atoms with Crippen LogP contribution < -0.4 is 31.3 Å². The molecule has 5 aromatic rings. The molecule has 2 heterocycles. The highest BCUT2D eigenvalue weighted by molar-refractivity contribution is 7.99. The van der Waals surface area contributed by atoms with Gasteiger partial charge in [0, 0.05) is 96.2 Å². The van der Waals surface area contributed by atoms with Gasteiger partial charge in [0.25, 0.3) is 35.2 Å². The molecule has 5 amide bonds. The summed E-state index contributed by atoms with van der Waals surface area (Å²) in [6.07, 6.45) is -10.7. The van der Waals surface area contributed by atoms with Gasteiger partial charge >= 0.3 is 47.8 Å². The number of methoxy groups -OCH3 is 2. The largest absolute Gasteiger partial charge is 0.489 e. The van der Waals surface area contributed by atoms with Crippen LogP contribution in [0.5, 0.6) is 5.75 Å². The Morgan fingerprint density at radius 3 is 1.41 bits per heavy atom. The van der Waals surface area contributed by atoms with Crippen LogP contribution in [0.4, 0.5) is 0 Å². The molecule has 0 radical (unpaired) electrons. The van der Waals surface area contributed by atoms with Crippen LogP contribution in [-0.2, 0) is 100.0 Å². The van der Waals surface area contributed by atoms with Crippen LogP contribution in [0.3, 0.4) is 0 Å². The van der Waals surface area contributed by atoms with Crippen LogP contribution in [0.15, 0.2) is 140 Å². The molecule has 5 aromatic carbocycles. The number of nitrogens with one attached hydrogen (secondary N) is 5. The predicted molar refractivity (Wildman–Crippen MR) is 415 cm³/mol. The summed E-state index contributed by atoms with van der Waals surface area (Å²) >= 11 is 2.84. The van der Waals surface area contributed by atoms with Crippen molar-refractivity contribution in [3.05, 3.63) is 162 Å². The fraction of sp³-hybridized carbons (Fsp3) is 0.444. The Balaban J connectivity index is 0.907. The van der Waals surface area contributed by atoms with E-state index in [1.54, 1.807) is 48.5 Å². The maximum Gasteiger partial charge on any atom is 0.366 e. The standard InChI is InChI=1S/C81H97N5O26S2/c1-11-36-102-65-43-62(76(96)82-34-41-113-39-18-37-103-80(78(98)100-9)45-63(105-50(3)88)44-66(111-80)71(109-54(7)92)68(107-52(5)90)47-84-74(94)60-28-24-58(25-29-60)56-20-14-12-15-21-56)32-33-64(65)77(97)83-35-42-114-40-19-38-104-81(79(99)101-10)46-67(106-51(4)89)70(86-49(2)87)73(112-81)72(110-55(8)93)69(108-53(6)91)48-85-75(95)61-30-26-59(27-31-61)57-22-16-13-17-23-57/h11-17,20-33,43,63,66-73H,1,18-19,34-42,44-48H2,2-10H3,(H,82,96)(H,83,97)(H,84,94)(H,85,95)(H,86,87)/t63-,66-,67+,68-,69-,70-,71+,72-,73-,80-,81-/m1/s1. The van der Waals surface area contributed by atoms with Crippen molar-refractivity contribution in [3.63, 3.8) is 0 Å². The van der Waals surface area contributed by atoms with Gasteiger partial charge in [-0.15, -0.1) is 0 Å². The fourth-order valence-corrected chi connectivity index (χ4v) is 14.2. The molecule has 0 bridgehead atoms. The van der Waals surface area contributed by atoms with Gasteiger partial charge in [-0.1, -0.05) is 97.6 Å². The topological polar surface area (TPSA) is 402 Å². The number of carbonyl (C=O) groups is 13. The molecule has 2 aliphatic rings. The van der Waals surface area contributed by atoms with E-state index < -0.39 is 157 Å². The van der Waals surface area contributed by atoms with E-state index in [-0.39, 0.29) is 86.7 Å². The lowest BCUT2D eigenvalue weighted by Gasteiger charge is -2.48. The SMILES string of the molecule is C=CCOc1cc(C(=O)NCCSCCCO[C@]2(C(=O)OC)C[C@H](OC(C)=O)C[C@H]([C@H](OC(C)=O)[C@@H](CNC(=O)c3ccc(-c4ccccc4)cc3)OC(C)=O)O2)ccc1C(=O)NCCSCCCO[C@]1(C(=O)OC)C[C@H](OC(C)=O)[C@@H](NC(C)=O)[C@H]([C@H](OC(C)=O)[C@@H](CNC(=O)c2ccc(-c3ccccc3)cc2)OC(C)=O)O1. The lowest BCUT2D eigenvalue weighted by atomic mass is 9.87. The Kier molecular flexibility index (Phi) is 35.9. The number of hydrogen-bond acceptors (Lipinski definition) is 28. The zero-order valence-electron chi connectivity index (χ0n) is 64.8. The molecule has 0 aromatic heterocycles. The van der Waals surface area contributed by atoms with Crippen molar-refractivity contribution in [2.24, 2.45) is 0 Å². The molecule has 7 rings (SSSR count). The van der Waals surface area contributed by atoms with E-state index in [0.717, 1.165) is 78.0 Å². The molecule has 2 fully saturated rings. The second kappa shape index (κ2) is 45.3. The molecule has 11 atom stereocenters. The van der Waals surface area contributed by atoms with Gasteiger partial charge in [-0.3, -0.25) is 52.7 Å². The normalized spacial score (nSPS) is 19.3. The number of esters is 8. The Morgan fingerprint density at radius 2 is 0.947 bits per heavy atom. The van der Waals surface area contributed by atoms with Crippen molar-refractivity contribution in [1.29, 1.82) is 0 Å². The maximum atomic E-state index is 14.0. The molecule has 114 heavy (non-hydrogen) atoms.